The Bertz CT molecular complexity index is 1290. The largest absolute Gasteiger partial charge is 0.254 e. The fourth-order valence-electron chi connectivity index (χ4n) is 4.06. The Kier molecular flexibility index (Phi) is 4.53. The van der Waals surface area contributed by atoms with Gasteiger partial charge in [-0.25, -0.2) is 0 Å². The van der Waals surface area contributed by atoms with Crippen molar-refractivity contribution in [1.29, 1.82) is 0 Å². The molecule has 2 heteroatoms. The molecule has 0 fully saturated rings. The molecule has 0 aliphatic heterocycles. The summed E-state index contributed by atoms with van der Waals surface area (Å²) in [6.45, 7) is 2.20. The van der Waals surface area contributed by atoms with E-state index in [1.807, 2.05) is 12.3 Å². The Morgan fingerprint density at radius 3 is 1.93 bits per heavy atom. The van der Waals surface area contributed by atoms with Gasteiger partial charge >= 0.3 is 0 Å². The third-order valence-corrected chi connectivity index (χ3v) is 5.42. The van der Waals surface area contributed by atoms with Crippen LogP contribution in [-0.4, -0.2) is 9.97 Å². The van der Waals surface area contributed by atoms with Gasteiger partial charge in [0.1, 0.15) is 0 Å². The number of aromatic nitrogens is 2. The summed E-state index contributed by atoms with van der Waals surface area (Å²) >= 11 is 0. The first-order chi connectivity index (χ1) is 14.3. The van der Waals surface area contributed by atoms with Gasteiger partial charge in [-0.05, 0) is 40.8 Å². The zero-order valence-corrected chi connectivity index (χ0v) is 16.5. The van der Waals surface area contributed by atoms with E-state index in [0.717, 1.165) is 40.3 Å². The maximum absolute atomic E-state index is 5.05. The highest BCUT2D eigenvalue weighted by Gasteiger charge is 2.13. The standard InChI is InChI=1S/C27H22N2/c1-2-9-21-18-25(20-12-7-4-8-13-20)24-15-14-23-22(19-10-5-3-6-11-19)16-17-28-26(23)27(24)29-21/h3-8,10-18H,2,9H2,1H3. The van der Waals surface area contributed by atoms with Gasteiger partial charge in [0.15, 0.2) is 0 Å². The van der Waals surface area contributed by atoms with Gasteiger partial charge in [0, 0.05) is 22.7 Å². The number of fused-ring (bicyclic) bond motifs is 3. The Morgan fingerprint density at radius 1 is 0.655 bits per heavy atom. The second-order valence-corrected chi connectivity index (χ2v) is 7.36. The molecule has 5 rings (SSSR count). The van der Waals surface area contributed by atoms with E-state index in [4.69, 9.17) is 9.97 Å². The van der Waals surface area contributed by atoms with Crippen molar-refractivity contribution in [2.45, 2.75) is 19.8 Å². The van der Waals surface area contributed by atoms with Crippen molar-refractivity contribution >= 4 is 21.8 Å². The van der Waals surface area contributed by atoms with E-state index < -0.39 is 0 Å². The van der Waals surface area contributed by atoms with Gasteiger partial charge in [-0.2, -0.15) is 0 Å². The molecule has 5 aromatic rings. The van der Waals surface area contributed by atoms with Crippen molar-refractivity contribution in [1.82, 2.24) is 9.97 Å². The summed E-state index contributed by atoms with van der Waals surface area (Å²) in [6, 6.07) is 29.8. The van der Waals surface area contributed by atoms with Crippen LogP contribution in [-0.2, 0) is 6.42 Å². The van der Waals surface area contributed by atoms with Crippen LogP contribution in [0.1, 0.15) is 19.0 Å². The molecule has 3 aromatic carbocycles. The molecule has 29 heavy (non-hydrogen) atoms. The van der Waals surface area contributed by atoms with Crippen molar-refractivity contribution in [2.24, 2.45) is 0 Å². The van der Waals surface area contributed by atoms with Crippen LogP contribution in [0, 0.1) is 0 Å². The molecule has 0 saturated carbocycles. The number of pyridine rings is 2. The topological polar surface area (TPSA) is 25.8 Å². The molecule has 140 valence electrons. The van der Waals surface area contributed by atoms with Crippen LogP contribution < -0.4 is 0 Å². The molecule has 2 aromatic heterocycles. The Hall–Kier alpha value is -3.52. The Balaban J connectivity index is 1.84. The second kappa shape index (κ2) is 7.48. The van der Waals surface area contributed by atoms with Crippen molar-refractivity contribution in [3.63, 3.8) is 0 Å². The number of aryl methyl sites for hydroxylation is 1. The lowest BCUT2D eigenvalue weighted by Crippen LogP contribution is -1.95. The number of benzene rings is 3. The minimum absolute atomic E-state index is 0.963. The first-order valence-corrected chi connectivity index (χ1v) is 10.2. The molecule has 0 N–H and O–H groups in total. The highest BCUT2D eigenvalue weighted by atomic mass is 14.8. The summed E-state index contributed by atoms with van der Waals surface area (Å²) in [7, 11) is 0. The molecule has 0 amide bonds. The van der Waals surface area contributed by atoms with E-state index in [1.54, 1.807) is 0 Å². The van der Waals surface area contributed by atoms with Gasteiger partial charge in [-0.1, -0.05) is 86.1 Å². The van der Waals surface area contributed by atoms with Gasteiger partial charge < -0.3 is 0 Å². The monoisotopic (exact) mass is 374 g/mol. The van der Waals surface area contributed by atoms with Crippen LogP contribution in [0.2, 0.25) is 0 Å². The minimum atomic E-state index is 0.963. The molecule has 0 aliphatic carbocycles. The van der Waals surface area contributed by atoms with Gasteiger partial charge in [0.05, 0.1) is 11.0 Å². The van der Waals surface area contributed by atoms with Crippen LogP contribution in [0.25, 0.3) is 44.1 Å². The number of rotatable bonds is 4. The summed E-state index contributed by atoms with van der Waals surface area (Å²) in [5, 5.41) is 2.30. The van der Waals surface area contributed by atoms with Crippen molar-refractivity contribution in [3.8, 4) is 22.3 Å². The fraction of sp³-hybridized carbons (Fsp3) is 0.111. The third-order valence-electron chi connectivity index (χ3n) is 5.42. The zero-order chi connectivity index (χ0) is 19.6. The molecule has 0 unspecified atom stereocenters. The average molecular weight is 374 g/mol. The maximum atomic E-state index is 5.05. The smallest absolute Gasteiger partial charge is 0.0974 e. The molecule has 0 aliphatic rings. The van der Waals surface area contributed by atoms with E-state index >= 15 is 0 Å². The molecule has 2 heterocycles. The first kappa shape index (κ1) is 17.6. The van der Waals surface area contributed by atoms with E-state index in [1.165, 1.54) is 22.3 Å². The average Bonchev–Trinajstić information content (AvgIpc) is 2.79. The number of hydrogen-bond acceptors (Lipinski definition) is 2. The van der Waals surface area contributed by atoms with Gasteiger partial charge in [0.2, 0.25) is 0 Å². The SMILES string of the molecule is CCCc1cc(-c2ccccc2)c2ccc3c(-c4ccccc4)ccnc3c2n1. The van der Waals surface area contributed by atoms with Gasteiger partial charge in [-0.15, -0.1) is 0 Å². The lowest BCUT2D eigenvalue weighted by Gasteiger charge is -2.13. The molecule has 0 radical (unpaired) electrons. The Morgan fingerprint density at radius 2 is 1.28 bits per heavy atom. The normalized spacial score (nSPS) is 11.2. The maximum Gasteiger partial charge on any atom is 0.0974 e. The predicted octanol–water partition coefficient (Wildman–Crippen LogP) is 7.07. The summed E-state index contributed by atoms with van der Waals surface area (Å²) in [5.74, 6) is 0. The van der Waals surface area contributed by atoms with Crippen molar-refractivity contribution in [2.75, 3.05) is 0 Å². The molecule has 0 spiro atoms. The Labute approximate surface area is 170 Å². The van der Waals surface area contributed by atoms with E-state index in [-0.39, 0.29) is 0 Å². The summed E-state index contributed by atoms with van der Waals surface area (Å²) in [6.07, 6.45) is 3.94. The molecule has 0 saturated heterocycles. The van der Waals surface area contributed by atoms with E-state index in [9.17, 15) is 0 Å². The van der Waals surface area contributed by atoms with Crippen molar-refractivity contribution < 1.29 is 0 Å². The van der Waals surface area contributed by atoms with Gasteiger partial charge in [-0.3, -0.25) is 9.97 Å². The quantitative estimate of drug-likeness (QED) is 0.314. The highest BCUT2D eigenvalue weighted by molar-refractivity contribution is 6.11. The van der Waals surface area contributed by atoms with Crippen LogP contribution in [0.4, 0.5) is 0 Å². The summed E-state index contributed by atoms with van der Waals surface area (Å²) in [4.78, 5) is 9.82. The molecular formula is C27H22N2. The first-order valence-electron chi connectivity index (χ1n) is 10.2. The summed E-state index contributed by atoms with van der Waals surface area (Å²) < 4.78 is 0. The van der Waals surface area contributed by atoms with Crippen molar-refractivity contribution in [3.05, 3.63) is 96.8 Å². The third kappa shape index (κ3) is 3.17. The zero-order valence-electron chi connectivity index (χ0n) is 16.5. The predicted molar refractivity (Wildman–Crippen MR) is 122 cm³/mol. The van der Waals surface area contributed by atoms with Gasteiger partial charge in [0.25, 0.3) is 0 Å². The summed E-state index contributed by atoms with van der Waals surface area (Å²) in [5.41, 5.74) is 7.93. The molecule has 0 bridgehead atoms. The molecular weight excluding hydrogens is 352 g/mol. The lowest BCUT2D eigenvalue weighted by molar-refractivity contribution is 0.890. The highest BCUT2D eigenvalue weighted by Crippen LogP contribution is 2.35. The molecule has 0 atom stereocenters. The fourth-order valence-corrected chi connectivity index (χ4v) is 4.06. The van der Waals surface area contributed by atoms with E-state index in [0.29, 0.717) is 0 Å². The van der Waals surface area contributed by atoms with Crippen LogP contribution >= 0.6 is 0 Å². The van der Waals surface area contributed by atoms with Crippen LogP contribution in [0.5, 0.6) is 0 Å². The van der Waals surface area contributed by atoms with E-state index in [2.05, 4.69) is 85.8 Å². The number of nitrogens with zero attached hydrogens (tertiary/aromatic N) is 2. The number of hydrogen-bond donors (Lipinski definition) is 0. The van der Waals surface area contributed by atoms with Crippen LogP contribution in [0.15, 0.2) is 91.1 Å². The lowest BCUT2D eigenvalue weighted by atomic mass is 9.95. The second-order valence-electron chi connectivity index (χ2n) is 7.36. The molecule has 2 nitrogen and oxygen atoms in total. The minimum Gasteiger partial charge on any atom is -0.254 e. The van der Waals surface area contributed by atoms with Crippen LogP contribution in [0.3, 0.4) is 0 Å².